The van der Waals surface area contributed by atoms with Gasteiger partial charge in [0.15, 0.2) is 0 Å². The molecule has 1 atom stereocenters. The normalized spacial score (nSPS) is 15.6. The second kappa shape index (κ2) is 9.27. The highest BCUT2D eigenvalue weighted by atomic mass is 16.6. The Labute approximate surface area is 176 Å². The molecule has 2 amide bonds. The Morgan fingerprint density at radius 3 is 2.37 bits per heavy atom. The van der Waals surface area contributed by atoms with Gasteiger partial charge in [-0.25, -0.2) is 4.79 Å². The van der Waals surface area contributed by atoms with Crippen LogP contribution in [0, 0.1) is 0 Å². The number of anilines is 1. The largest absolute Gasteiger partial charge is 0.445 e. The van der Waals surface area contributed by atoms with Gasteiger partial charge in [0.05, 0.1) is 0 Å². The van der Waals surface area contributed by atoms with Crippen molar-refractivity contribution in [3.63, 3.8) is 0 Å². The summed E-state index contributed by atoms with van der Waals surface area (Å²) in [6.07, 6.45) is 0.960. The van der Waals surface area contributed by atoms with Gasteiger partial charge < -0.3 is 10.1 Å². The van der Waals surface area contributed by atoms with E-state index in [2.05, 4.69) is 5.32 Å². The molecule has 0 spiro atoms. The Hall–Kier alpha value is -3.60. The van der Waals surface area contributed by atoms with Gasteiger partial charge in [-0.1, -0.05) is 72.8 Å². The Balaban J connectivity index is 1.39. The number of nitrogens with zero attached hydrogens (tertiary/aromatic N) is 1. The van der Waals surface area contributed by atoms with Crippen molar-refractivity contribution in [3.8, 4) is 11.1 Å². The molecule has 1 heterocycles. The lowest BCUT2D eigenvalue weighted by Crippen LogP contribution is -2.43. The van der Waals surface area contributed by atoms with E-state index in [0.29, 0.717) is 18.7 Å². The van der Waals surface area contributed by atoms with E-state index in [1.807, 2.05) is 84.9 Å². The standard InChI is InChI=1S/C25H24N2O3/c28-24(26-22-14-7-13-21(17-22)20-11-5-2-6-12-20)23-15-8-16-27(23)25(29)30-18-19-9-3-1-4-10-19/h1-7,9-14,17,23H,8,15-16,18H2,(H,26,28)/t23-/m0/s1. The maximum Gasteiger partial charge on any atom is 0.410 e. The SMILES string of the molecule is O=C(Nc1cccc(-c2ccccc2)c1)[C@@H]1CCCN1C(=O)OCc1ccccc1. The van der Waals surface area contributed by atoms with Gasteiger partial charge in [0, 0.05) is 12.2 Å². The number of nitrogens with one attached hydrogen (secondary N) is 1. The lowest BCUT2D eigenvalue weighted by Gasteiger charge is -2.23. The fourth-order valence-electron chi connectivity index (χ4n) is 3.69. The van der Waals surface area contributed by atoms with Crippen molar-refractivity contribution in [2.75, 3.05) is 11.9 Å². The first kappa shape index (κ1) is 19.7. The van der Waals surface area contributed by atoms with E-state index < -0.39 is 12.1 Å². The lowest BCUT2D eigenvalue weighted by molar-refractivity contribution is -0.120. The molecule has 1 aliphatic rings. The smallest absolute Gasteiger partial charge is 0.410 e. The first-order valence-corrected chi connectivity index (χ1v) is 10.1. The molecule has 1 N–H and O–H groups in total. The second-order valence-corrected chi connectivity index (χ2v) is 7.33. The Bertz CT molecular complexity index is 1010. The number of carbonyl (C=O) groups excluding carboxylic acids is 2. The fraction of sp³-hybridized carbons (Fsp3) is 0.200. The molecule has 0 radical (unpaired) electrons. The number of benzene rings is 3. The van der Waals surface area contributed by atoms with Gasteiger partial charge in [-0.15, -0.1) is 0 Å². The van der Waals surface area contributed by atoms with Gasteiger partial charge in [-0.05, 0) is 41.7 Å². The van der Waals surface area contributed by atoms with Crippen LogP contribution >= 0.6 is 0 Å². The summed E-state index contributed by atoms with van der Waals surface area (Å²) >= 11 is 0. The second-order valence-electron chi connectivity index (χ2n) is 7.33. The summed E-state index contributed by atoms with van der Waals surface area (Å²) in [7, 11) is 0. The molecule has 5 nitrogen and oxygen atoms in total. The number of likely N-dealkylation sites (tertiary alicyclic amines) is 1. The topological polar surface area (TPSA) is 58.6 Å². The zero-order valence-electron chi connectivity index (χ0n) is 16.7. The number of amides is 2. The fourth-order valence-corrected chi connectivity index (χ4v) is 3.69. The maximum atomic E-state index is 12.9. The monoisotopic (exact) mass is 400 g/mol. The summed E-state index contributed by atoms with van der Waals surface area (Å²) in [5, 5.41) is 2.96. The van der Waals surface area contributed by atoms with Crippen LogP contribution in [-0.4, -0.2) is 29.5 Å². The molecule has 1 fully saturated rings. The van der Waals surface area contributed by atoms with E-state index >= 15 is 0 Å². The van der Waals surface area contributed by atoms with E-state index in [0.717, 1.165) is 23.1 Å². The van der Waals surface area contributed by atoms with Gasteiger partial charge in [0.2, 0.25) is 5.91 Å². The molecule has 3 aromatic rings. The average Bonchev–Trinajstić information content (AvgIpc) is 3.29. The molecule has 4 rings (SSSR count). The predicted molar refractivity (Wildman–Crippen MR) is 117 cm³/mol. The summed E-state index contributed by atoms with van der Waals surface area (Å²) in [5.41, 5.74) is 3.74. The third kappa shape index (κ3) is 4.69. The Morgan fingerprint density at radius 1 is 0.900 bits per heavy atom. The highest BCUT2D eigenvalue weighted by Gasteiger charge is 2.35. The maximum absolute atomic E-state index is 12.9. The minimum atomic E-state index is -0.520. The summed E-state index contributed by atoms with van der Waals surface area (Å²) in [6, 6.07) is 26.7. The summed E-state index contributed by atoms with van der Waals surface area (Å²) in [6.45, 7) is 0.722. The summed E-state index contributed by atoms with van der Waals surface area (Å²) in [4.78, 5) is 27.0. The van der Waals surface area contributed by atoms with Crippen LogP contribution in [0.4, 0.5) is 10.5 Å². The third-order valence-corrected chi connectivity index (χ3v) is 5.23. The molecule has 0 aromatic heterocycles. The molecule has 3 aromatic carbocycles. The molecule has 0 unspecified atom stereocenters. The van der Waals surface area contributed by atoms with E-state index in [9.17, 15) is 9.59 Å². The van der Waals surface area contributed by atoms with Crippen molar-refractivity contribution < 1.29 is 14.3 Å². The van der Waals surface area contributed by atoms with Gasteiger partial charge in [0.25, 0.3) is 0 Å². The number of ether oxygens (including phenoxy) is 1. The van der Waals surface area contributed by atoms with Crippen molar-refractivity contribution in [2.45, 2.75) is 25.5 Å². The number of rotatable bonds is 5. The van der Waals surface area contributed by atoms with Crippen molar-refractivity contribution in [2.24, 2.45) is 0 Å². The number of carbonyl (C=O) groups is 2. The summed E-state index contributed by atoms with van der Waals surface area (Å²) < 4.78 is 5.43. The third-order valence-electron chi connectivity index (χ3n) is 5.23. The van der Waals surface area contributed by atoms with Crippen LogP contribution < -0.4 is 5.32 Å². The Kier molecular flexibility index (Phi) is 6.09. The van der Waals surface area contributed by atoms with Crippen LogP contribution in [0.25, 0.3) is 11.1 Å². The first-order chi connectivity index (χ1) is 14.7. The van der Waals surface area contributed by atoms with Crippen molar-refractivity contribution in [1.82, 2.24) is 4.90 Å². The molecule has 0 bridgehead atoms. The highest BCUT2D eigenvalue weighted by molar-refractivity contribution is 5.97. The molecular weight excluding hydrogens is 376 g/mol. The average molecular weight is 400 g/mol. The van der Waals surface area contributed by atoms with Crippen molar-refractivity contribution >= 4 is 17.7 Å². The van der Waals surface area contributed by atoms with E-state index in [-0.39, 0.29) is 12.5 Å². The molecule has 152 valence electrons. The van der Waals surface area contributed by atoms with Crippen LogP contribution in [0.15, 0.2) is 84.9 Å². The van der Waals surface area contributed by atoms with Crippen LogP contribution in [0.3, 0.4) is 0 Å². The van der Waals surface area contributed by atoms with Gasteiger partial charge in [-0.2, -0.15) is 0 Å². The predicted octanol–water partition coefficient (Wildman–Crippen LogP) is 5.09. The van der Waals surface area contributed by atoms with Crippen molar-refractivity contribution in [3.05, 3.63) is 90.5 Å². The molecule has 0 saturated carbocycles. The minimum absolute atomic E-state index is 0.186. The number of hydrogen-bond donors (Lipinski definition) is 1. The first-order valence-electron chi connectivity index (χ1n) is 10.1. The molecule has 1 saturated heterocycles. The quantitative estimate of drug-likeness (QED) is 0.649. The molecule has 30 heavy (non-hydrogen) atoms. The molecule has 0 aliphatic carbocycles. The minimum Gasteiger partial charge on any atom is -0.445 e. The molecule has 1 aliphatic heterocycles. The highest BCUT2D eigenvalue weighted by Crippen LogP contribution is 2.24. The molecule has 5 heteroatoms. The lowest BCUT2D eigenvalue weighted by atomic mass is 10.1. The van der Waals surface area contributed by atoms with Gasteiger partial charge >= 0.3 is 6.09 Å². The van der Waals surface area contributed by atoms with Crippen molar-refractivity contribution in [1.29, 1.82) is 0 Å². The summed E-state index contributed by atoms with van der Waals surface area (Å²) in [5.74, 6) is -0.186. The van der Waals surface area contributed by atoms with E-state index in [1.54, 1.807) is 0 Å². The van der Waals surface area contributed by atoms with E-state index in [1.165, 1.54) is 4.90 Å². The number of hydrogen-bond acceptors (Lipinski definition) is 3. The van der Waals surface area contributed by atoms with Crippen LogP contribution in [0.1, 0.15) is 18.4 Å². The zero-order chi connectivity index (χ0) is 20.8. The van der Waals surface area contributed by atoms with E-state index in [4.69, 9.17) is 4.74 Å². The van der Waals surface area contributed by atoms with Crippen LogP contribution in [0.2, 0.25) is 0 Å². The molecular formula is C25H24N2O3. The van der Waals surface area contributed by atoms with Crippen LogP contribution in [0.5, 0.6) is 0 Å². The van der Waals surface area contributed by atoms with Gasteiger partial charge in [0.1, 0.15) is 12.6 Å². The Morgan fingerprint density at radius 2 is 1.60 bits per heavy atom. The van der Waals surface area contributed by atoms with Gasteiger partial charge in [-0.3, -0.25) is 9.69 Å². The van der Waals surface area contributed by atoms with Crippen LogP contribution in [-0.2, 0) is 16.1 Å². The zero-order valence-corrected chi connectivity index (χ0v) is 16.7.